The van der Waals surface area contributed by atoms with E-state index in [1.54, 1.807) is 13.2 Å². The lowest BCUT2D eigenvalue weighted by atomic mass is 10.0. The summed E-state index contributed by atoms with van der Waals surface area (Å²) >= 11 is 0. The van der Waals surface area contributed by atoms with Crippen molar-refractivity contribution in [3.05, 3.63) is 59.8 Å². The highest BCUT2D eigenvalue weighted by Gasteiger charge is 2.17. The number of aliphatic imine (C=N–C) groups is 1. The van der Waals surface area contributed by atoms with Crippen molar-refractivity contribution >= 4 is 5.96 Å². The SMILES string of the molecule is CN=C(NCc1ccnc(OC2CCCC2)c1)NCC(CO)c1ccccc1. The van der Waals surface area contributed by atoms with Crippen LogP contribution in [0.1, 0.15) is 42.7 Å². The number of rotatable bonds is 8. The smallest absolute Gasteiger partial charge is 0.213 e. The number of hydrogen-bond donors (Lipinski definition) is 3. The minimum atomic E-state index is 0.0205. The quantitative estimate of drug-likeness (QED) is 0.483. The first kappa shape index (κ1) is 20.1. The van der Waals surface area contributed by atoms with E-state index in [0.717, 1.165) is 24.0 Å². The lowest BCUT2D eigenvalue weighted by Gasteiger charge is -2.18. The van der Waals surface area contributed by atoms with Crippen LogP contribution >= 0.6 is 0 Å². The first-order valence-corrected chi connectivity index (χ1v) is 10.0. The molecule has 150 valence electrons. The summed E-state index contributed by atoms with van der Waals surface area (Å²) in [5.41, 5.74) is 2.20. The Hall–Kier alpha value is -2.60. The van der Waals surface area contributed by atoms with Gasteiger partial charge in [0.25, 0.3) is 0 Å². The van der Waals surface area contributed by atoms with Crippen LogP contribution in [0.3, 0.4) is 0 Å². The summed E-state index contributed by atoms with van der Waals surface area (Å²) in [4.78, 5) is 8.61. The summed E-state index contributed by atoms with van der Waals surface area (Å²) in [5, 5.41) is 16.3. The molecule has 6 nitrogen and oxygen atoms in total. The number of nitrogens with one attached hydrogen (secondary N) is 2. The highest BCUT2D eigenvalue weighted by Crippen LogP contribution is 2.23. The maximum atomic E-state index is 9.70. The minimum Gasteiger partial charge on any atom is -0.474 e. The fraction of sp³-hybridized carbons (Fsp3) is 0.455. The molecule has 6 heteroatoms. The highest BCUT2D eigenvalue weighted by atomic mass is 16.5. The first-order valence-electron chi connectivity index (χ1n) is 10.0. The average molecular weight is 383 g/mol. The molecule has 0 spiro atoms. The van der Waals surface area contributed by atoms with E-state index in [1.807, 2.05) is 42.5 Å². The Morgan fingerprint density at radius 2 is 2.00 bits per heavy atom. The van der Waals surface area contributed by atoms with E-state index in [0.29, 0.717) is 31.0 Å². The summed E-state index contributed by atoms with van der Waals surface area (Å²) in [6.07, 6.45) is 6.81. The Kier molecular flexibility index (Phi) is 7.67. The van der Waals surface area contributed by atoms with Crippen LogP contribution in [0, 0.1) is 0 Å². The van der Waals surface area contributed by atoms with Crippen LogP contribution in [0.25, 0.3) is 0 Å². The van der Waals surface area contributed by atoms with Gasteiger partial charge in [-0.3, -0.25) is 4.99 Å². The van der Waals surface area contributed by atoms with Gasteiger partial charge in [-0.25, -0.2) is 4.98 Å². The van der Waals surface area contributed by atoms with Crippen molar-refractivity contribution in [2.75, 3.05) is 20.2 Å². The van der Waals surface area contributed by atoms with Gasteiger partial charge in [0.1, 0.15) is 6.10 Å². The van der Waals surface area contributed by atoms with Gasteiger partial charge in [0.05, 0.1) is 6.61 Å². The average Bonchev–Trinajstić information content (AvgIpc) is 3.25. The van der Waals surface area contributed by atoms with Gasteiger partial charge < -0.3 is 20.5 Å². The fourth-order valence-electron chi connectivity index (χ4n) is 3.44. The molecule has 28 heavy (non-hydrogen) atoms. The molecule has 1 heterocycles. The van der Waals surface area contributed by atoms with E-state index in [2.05, 4.69) is 20.6 Å². The molecule has 0 aliphatic heterocycles. The Balaban J connectivity index is 1.49. The second-order valence-electron chi connectivity index (χ2n) is 7.12. The summed E-state index contributed by atoms with van der Waals surface area (Å²) < 4.78 is 5.98. The number of guanidine groups is 1. The van der Waals surface area contributed by atoms with Gasteiger partial charge in [0.15, 0.2) is 5.96 Å². The maximum Gasteiger partial charge on any atom is 0.213 e. The van der Waals surface area contributed by atoms with Crippen molar-refractivity contribution in [2.45, 2.75) is 44.2 Å². The Morgan fingerprint density at radius 1 is 1.21 bits per heavy atom. The van der Waals surface area contributed by atoms with Crippen molar-refractivity contribution in [2.24, 2.45) is 4.99 Å². The zero-order valence-electron chi connectivity index (χ0n) is 16.5. The fourth-order valence-corrected chi connectivity index (χ4v) is 3.44. The summed E-state index contributed by atoms with van der Waals surface area (Å²) in [6.45, 7) is 1.31. The molecule has 1 unspecified atom stereocenters. The monoisotopic (exact) mass is 382 g/mol. The number of aliphatic hydroxyl groups excluding tert-OH is 1. The van der Waals surface area contributed by atoms with Crippen molar-refractivity contribution in [1.82, 2.24) is 15.6 Å². The third-order valence-corrected chi connectivity index (χ3v) is 5.08. The number of nitrogens with zero attached hydrogens (tertiary/aromatic N) is 2. The zero-order chi connectivity index (χ0) is 19.6. The Morgan fingerprint density at radius 3 is 2.71 bits per heavy atom. The lowest BCUT2D eigenvalue weighted by molar-refractivity contribution is 0.201. The molecule has 1 aliphatic carbocycles. The van der Waals surface area contributed by atoms with E-state index in [-0.39, 0.29) is 12.5 Å². The molecule has 2 aromatic rings. The second kappa shape index (κ2) is 10.7. The molecule has 1 fully saturated rings. The van der Waals surface area contributed by atoms with Gasteiger partial charge in [-0.2, -0.15) is 0 Å². The molecule has 0 saturated heterocycles. The third-order valence-electron chi connectivity index (χ3n) is 5.08. The second-order valence-corrected chi connectivity index (χ2v) is 7.12. The maximum absolute atomic E-state index is 9.70. The van der Waals surface area contributed by atoms with E-state index in [4.69, 9.17) is 4.74 Å². The van der Waals surface area contributed by atoms with Crippen LogP contribution in [0.5, 0.6) is 5.88 Å². The van der Waals surface area contributed by atoms with Crippen molar-refractivity contribution in [3.63, 3.8) is 0 Å². The van der Waals surface area contributed by atoms with E-state index in [1.165, 1.54) is 12.8 Å². The minimum absolute atomic E-state index is 0.0205. The normalized spacial score (nSPS) is 16.0. The molecular weight excluding hydrogens is 352 g/mol. The number of pyridine rings is 1. The predicted molar refractivity (Wildman–Crippen MR) is 112 cm³/mol. The van der Waals surface area contributed by atoms with Gasteiger partial charge in [-0.05, 0) is 42.9 Å². The van der Waals surface area contributed by atoms with E-state index < -0.39 is 0 Å². The summed E-state index contributed by atoms with van der Waals surface area (Å²) in [6, 6.07) is 14.0. The standard InChI is InChI=1S/C22H30N4O2/c1-23-22(26-15-19(16-27)18-7-3-2-4-8-18)25-14-17-11-12-24-21(13-17)28-20-9-5-6-10-20/h2-4,7-8,11-13,19-20,27H,5-6,9-10,14-16H2,1H3,(H2,23,25,26). The summed E-state index contributed by atoms with van der Waals surface area (Å²) in [5.74, 6) is 1.41. The molecule has 3 rings (SSSR count). The third kappa shape index (κ3) is 5.96. The zero-order valence-corrected chi connectivity index (χ0v) is 16.5. The molecule has 0 radical (unpaired) electrons. The molecule has 0 amide bonds. The molecule has 0 bridgehead atoms. The Labute approximate surface area is 167 Å². The van der Waals surface area contributed by atoms with E-state index >= 15 is 0 Å². The van der Waals surface area contributed by atoms with Crippen molar-refractivity contribution in [3.8, 4) is 5.88 Å². The molecule has 1 aliphatic rings. The predicted octanol–water partition coefficient (Wildman–Crippen LogP) is 2.84. The van der Waals surface area contributed by atoms with E-state index in [9.17, 15) is 5.11 Å². The Bertz CT molecular complexity index is 745. The van der Waals surface area contributed by atoms with Crippen LogP contribution in [0.2, 0.25) is 0 Å². The van der Waals surface area contributed by atoms with Crippen LogP contribution in [-0.4, -0.2) is 42.4 Å². The van der Waals surface area contributed by atoms with Crippen LogP contribution in [0.4, 0.5) is 0 Å². The van der Waals surface area contributed by atoms with Gasteiger partial charge in [-0.15, -0.1) is 0 Å². The first-order chi connectivity index (χ1) is 13.8. The molecule has 1 aromatic heterocycles. The van der Waals surface area contributed by atoms with Gasteiger partial charge in [-0.1, -0.05) is 30.3 Å². The van der Waals surface area contributed by atoms with Crippen molar-refractivity contribution < 1.29 is 9.84 Å². The molecule has 1 aromatic carbocycles. The van der Waals surface area contributed by atoms with Crippen LogP contribution < -0.4 is 15.4 Å². The van der Waals surface area contributed by atoms with Crippen LogP contribution in [-0.2, 0) is 6.54 Å². The molecule has 3 N–H and O–H groups in total. The van der Waals surface area contributed by atoms with Crippen molar-refractivity contribution in [1.29, 1.82) is 0 Å². The number of hydrogen-bond acceptors (Lipinski definition) is 4. The largest absolute Gasteiger partial charge is 0.474 e. The molecule has 1 atom stereocenters. The molecule has 1 saturated carbocycles. The molecular formula is C22H30N4O2. The van der Waals surface area contributed by atoms with Gasteiger partial charge in [0.2, 0.25) is 5.88 Å². The van der Waals surface area contributed by atoms with Gasteiger partial charge >= 0.3 is 0 Å². The van der Waals surface area contributed by atoms with Gasteiger partial charge in [0, 0.05) is 38.3 Å². The number of aliphatic hydroxyl groups is 1. The topological polar surface area (TPSA) is 78.8 Å². The lowest BCUT2D eigenvalue weighted by Crippen LogP contribution is -2.39. The number of aromatic nitrogens is 1. The summed E-state index contributed by atoms with van der Waals surface area (Å²) in [7, 11) is 1.74. The van der Waals surface area contributed by atoms with Crippen LogP contribution in [0.15, 0.2) is 53.7 Å². The number of ether oxygens (including phenoxy) is 1. The number of benzene rings is 1. The highest BCUT2D eigenvalue weighted by molar-refractivity contribution is 5.79.